The van der Waals surface area contributed by atoms with Gasteiger partial charge in [0.15, 0.2) is 0 Å². The molecule has 13 heteroatoms. The van der Waals surface area contributed by atoms with Gasteiger partial charge in [0.25, 0.3) is 0 Å². The van der Waals surface area contributed by atoms with Gasteiger partial charge in [0.05, 0.1) is 11.9 Å². The highest BCUT2D eigenvalue weighted by atomic mass is 32.1. The molecule has 9 nitrogen and oxygen atoms in total. The summed E-state index contributed by atoms with van der Waals surface area (Å²) >= 11 is 1.35. The van der Waals surface area contributed by atoms with Gasteiger partial charge >= 0.3 is 12.5 Å². The molecule has 1 fully saturated rings. The number of fused-ring (bicyclic) bond motifs is 1. The summed E-state index contributed by atoms with van der Waals surface area (Å²) in [5.74, 6) is -0.301. The fraction of sp³-hybridized carbons (Fsp3) is 0.500. The minimum Gasteiger partial charge on any atom is -0.444 e. The maximum absolute atomic E-state index is 12.6. The highest BCUT2D eigenvalue weighted by Crippen LogP contribution is 2.30. The van der Waals surface area contributed by atoms with Crippen LogP contribution in [0.2, 0.25) is 0 Å². The molecule has 3 heterocycles. The van der Waals surface area contributed by atoms with Crippen molar-refractivity contribution in [2.24, 2.45) is 0 Å². The molecule has 0 bridgehead atoms. The van der Waals surface area contributed by atoms with Gasteiger partial charge in [-0.3, -0.25) is 4.90 Å². The number of hydrogen-bond donors (Lipinski definition) is 1. The number of hydrogen-bond acceptors (Lipinski definition) is 8. The fourth-order valence-corrected chi connectivity index (χ4v) is 4.42. The Labute approximate surface area is 204 Å². The molecule has 1 amide bonds. The molecule has 0 aliphatic carbocycles. The average Bonchev–Trinajstić information content (AvgIpc) is 3.32. The van der Waals surface area contributed by atoms with Crippen molar-refractivity contribution in [1.29, 1.82) is 0 Å². The number of anilines is 1. The Morgan fingerprint density at radius 1 is 1.17 bits per heavy atom. The van der Waals surface area contributed by atoms with E-state index in [0.717, 1.165) is 19.6 Å². The van der Waals surface area contributed by atoms with Crippen LogP contribution in [0.15, 0.2) is 30.5 Å². The average molecular weight is 513 g/mol. The van der Waals surface area contributed by atoms with E-state index in [1.807, 2.05) is 20.8 Å². The smallest absolute Gasteiger partial charge is 0.444 e. The van der Waals surface area contributed by atoms with E-state index < -0.39 is 12.0 Å². The van der Waals surface area contributed by atoms with Crippen molar-refractivity contribution in [3.63, 3.8) is 0 Å². The zero-order valence-corrected chi connectivity index (χ0v) is 20.4. The predicted molar refractivity (Wildman–Crippen MR) is 126 cm³/mol. The zero-order valence-electron chi connectivity index (χ0n) is 19.6. The van der Waals surface area contributed by atoms with Crippen LogP contribution < -0.4 is 10.1 Å². The molecular formula is C22H27F3N6O3S. The van der Waals surface area contributed by atoms with Crippen molar-refractivity contribution in [2.45, 2.75) is 32.7 Å². The van der Waals surface area contributed by atoms with Crippen LogP contribution in [0.5, 0.6) is 5.75 Å². The maximum atomic E-state index is 12.6. The van der Waals surface area contributed by atoms with Crippen LogP contribution in [0, 0.1) is 0 Å². The van der Waals surface area contributed by atoms with Crippen LogP contribution in [-0.2, 0) is 4.74 Å². The van der Waals surface area contributed by atoms with Crippen LogP contribution in [0.25, 0.3) is 16.2 Å². The zero-order chi connectivity index (χ0) is 25.2. The minimum atomic E-state index is -4.76. The van der Waals surface area contributed by atoms with E-state index in [1.165, 1.54) is 29.5 Å². The summed E-state index contributed by atoms with van der Waals surface area (Å²) in [6, 6.07) is 5.72. The van der Waals surface area contributed by atoms with E-state index in [2.05, 4.69) is 25.0 Å². The van der Waals surface area contributed by atoms with Crippen molar-refractivity contribution in [3.05, 3.63) is 30.5 Å². The first-order valence-electron chi connectivity index (χ1n) is 11.1. The van der Waals surface area contributed by atoms with Crippen LogP contribution in [-0.4, -0.2) is 81.7 Å². The molecule has 2 aromatic heterocycles. The summed E-state index contributed by atoms with van der Waals surface area (Å²) in [7, 11) is 0. The van der Waals surface area contributed by atoms with Gasteiger partial charge in [-0.05, 0) is 32.9 Å². The first kappa shape index (κ1) is 25.0. The summed E-state index contributed by atoms with van der Waals surface area (Å²) in [5.41, 5.74) is 0.569. The molecule has 1 aromatic carbocycles. The molecule has 1 saturated heterocycles. The van der Waals surface area contributed by atoms with E-state index in [0.29, 0.717) is 41.0 Å². The number of nitrogens with zero attached hydrogens (tertiary/aromatic N) is 5. The standard InChI is InChI=1S/C22H27F3N6O3S/c1-21(2,3)34-20(32)30-11-9-29(10-12-30)8-7-26-18-28-31-17(14-27-19(31)35-18)15-5-4-6-16(13-15)33-22(23,24)25/h4-6,13-14H,7-12H2,1-3H3,(H,26,28). The van der Waals surface area contributed by atoms with Crippen molar-refractivity contribution in [1.82, 2.24) is 24.4 Å². The van der Waals surface area contributed by atoms with Gasteiger partial charge < -0.3 is 19.7 Å². The minimum absolute atomic E-state index is 0.285. The maximum Gasteiger partial charge on any atom is 0.573 e. The molecule has 3 aromatic rings. The summed E-state index contributed by atoms with van der Waals surface area (Å²) in [6.45, 7) is 9.70. The predicted octanol–water partition coefficient (Wildman–Crippen LogP) is 4.32. The lowest BCUT2D eigenvalue weighted by Gasteiger charge is -2.35. The topological polar surface area (TPSA) is 84.2 Å². The van der Waals surface area contributed by atoms with E-state index in [4.69, 9.17) is 4.74 Å². The second-order valence-electron chi connectivity index (χ2n) is 9.06. The van der Waals surface area contributed by atoms with Crippen molar-refractivity contribution < 1.29 is 27.4 Å². The van der Waals surface area contributed by atoms with E-state index in [-0.39, 0.29) is 11.8 Å². The largest absolute Gasteiger partial charge is 0.573 e. The second-order valence-corrected chi connectivity index (χ2v) is 10.0. The van der Waals surface area contributed by atoms with Gasteiger partial charge in [0.2, 0.25) is 10.1 Å². The molecule has 35 heavy (non-hydrogen) atoms. The SMILES string of the molecule is CC(C)(C)OC(=O)N1CCN(CCNc2nn3c(-c4cccc(OC(F)(F)F)c4)cnc3s2)CC1. The Bertz CT molecular complexity index is 1170. The van der Waals surface area contributed by atoms with Gasteiger partial charge in [0, 0.05) is 44.8 Å². The molecule has 0 unspecified atom stereocenters. The molecular weight excluding hydrogens is 485 g/mol. The number of aromatic nitrogens is 3. The van der Waals surface area contributed by atoms with Crippen LogP contribution in [0.3, 0.4) is 0 Å². The summed E-state index contributed by atoms with van der Waals surface area (Å²) in [5, 5.41) is 8.45. The molecule has 0 radical (unpaired) electrons. The summed E-state index contributed by atoms with van der Waals surface area (Å²) in [6.07, 6.45) is -3.47. The Balaban J connectivity index is 1.30. The first-order chi connectivity index (χ1) is 16.5. The lowest BCUT2D eigenvalue weighted by molar-refractivity contribution is -0.274. The van der Waals surface area contributed by atoms with Gasteiger partial charge in [-0.2, -0.15) is 0 Å². The summed E-state index contributed by atoms with van der Waals surface area (Å²) in [4.78, 5) is 21.1. The molecule has 1 aliphatic heterocycles. The van der Waals surface area contributed by atoms with E-state index in [9.17, 15) is 18.0 Å². The number of halogens is 3. The fourth-order valence-electron chi connectivity index (χ4n) is 3.61. The van der Waals surface area contributed by atoms with Gasteiger partial charge in [-0.25, -0.2) is 14.3 Å². The van der Waals surface area contributed by atoms with Crippen molar-refractivity contribution in [3.8, 4) is 17.0 Å². The van der Waals surface area contributed by atoms with Gasteiger partial charge in [-0.1, -0.05) is 23.5 Å². The van der Waals surface area contributed by atoms with Crippen LogP contribution >= 0.6 is 11.3 Å². The first-order valence-corrected chi connectivity index (χ1v) is 11.9. The molecule has 1 N–H and O–H groups in total. The molecule has 0 atom stereocenters. The lowest BCUT2D eigenvalue weighted by Crippen LogP contribution is -2.50. The van der Waals surface area contributed by atoms with Crippen molar-refractivity contribution in [2.75, 3.05) is 44.6 Å². The van der Waals surface area contributed by atoms with Crippen LogP contribution in [0.1, 0.15) is 20.8 Å². The number of benzene rings is 1. The number of imidazole rings is 1. The number of ether oxygens (including phenoxy) is 2. The highest BCUT2D eigenvalue weighted by molar-refractivity contribution is 7.20. The third-order valence-corrected chi connectivity index (χ3v) is 6.06. The number of carbonyl (C=O) groups excluding carboxylic acids is 1. The number of nitrogens with one attached hydrogen (secondary N) is 1. The third-order valence-electron chi connectivity index (χ3n) is 5.18. The molecule has 1 aliphatic rings. The van der Waals surface area contributed by atoms with Crippen molar-refractivity contribution >= 4 is 27.5 Å². The number of carbonyl (C=O) groups is 1. The van der Waals surface area contributed by atoms with Crippen LogP contribution in [0.4, 0.5) is 23.1 Å². The monoisotopic (exact) mass is 512 g/mol. The molecule has 4 rings (SSSR count). The Hall–Kier alpha value is -3.06. The van der Waals surface area contributed by atoms with Gasteiger partial charge in [-0.15, -0.1) is 18.3 Å². The molecule has 0 spiro atoms. The third kappa shape index (κ3) is 6.75. The quantitative estimate of drug-likeness (QED) is 0.527. The Morgan fingerprint density at radius 2 is 1.91 bits per heavy atom. The number of amides is 1. The van der Waals surface area contributed by atoms with E-state index >= 15 is 0 Å². The van der Waals surface area contributed by atoms with Gasteiger partial charge in [0.1, 0.15) is 11.4 Å². The Morgan fingerprint density at radius 3 is 2.60 bits per heavy atom. The molecule has 190 valence electrons. The number of alkyl halides is 3. The normalized spacial score (nSPS) is 15.4. The lowest BCUT2D eigenvalue weighted by atomic mass is 10.1. The van der Waals surface area contributed by atoms with E-state index in [1.54, 1.807) is 21.7 Å². The number of rotatable bonds is 6. The summed E-state index contributed by atoms with van der Waals surface area (Å²) < 4.78 is 48.7. The molecule has 0 saturated carbocycles. The second kappa shape index (κ2) is 9.90. The number of piperazine rings is 1. The highest BCUT2D eigenvalue weighted by Gasteiger charge is 2.31. The Kier molecular flexibility index (Phi) is 7.08.